The highest BCUT2D eigenvalue weighted by Gasteiger charge is 2.24. The number of halogens is 1. The van der Waals surface area contributed by atoms with Crippen LogP contribution in [0, 0.1) is 6.92 Å². The van der Waals surface area contributed by atoms with Gasteiger partial charge in [-0.2, -0.15) is 0 Å². The number of thiophene rings is 1. The Bertz CT molecular complexity index is 989. The Morgan fingerprint density at radius 1 is 1.21 bits per heavy atom. The van der Waals surface area contributed by atoms with Gasteiger partial charge in [0.2, 0.25) is 0 Å². The van der Waals surface area contributed by atoms with Crippen molar-refractivity contribution in [1.82, 2.24) is 4.98 Å². The Labute approximate surface area is 181 Å². The van der Waals surface area contributed by atoms with Crippen LogP contribution in [0.4, 0.5) is 10.8 Å². The van der Waals surface area contributed by atoms with Crippen LogP contribution in [0.5, 0.6) is 0 Å². The normalized spacial score (nSPS) is 10.4. The molecule has 8 heteroatoms. The maximum absolute atomic E-state index is 12.7. The molecule has 0 aliphatic rings. The van der Waals surface area contributed by atoms with Gasteiger partial charge < -0.3 is 15.4 Å². The van der Waals surface area contributed by atoms with E-state index in [1.54, 1.807) is 19.2 Å². The molecule has 28 heavy (non-hydrogen) atoms. The van der Waals surface area contributed by atoms with Crippen LogP contribution in [0.3, 0.4) is 0 Å². The highest BCUT2D eigenvalue weighted by atomic mass is 79.9. The SMILES string of the molecule is CCOC(=O)c1c(NC(=S)Nc2ccc(Br)cn2)sc(C)c1-c1ccccc1. The second-order valence-corrected chi connectivity index (χ2v) is 8.31. The number of aromatic nitrogens is 1. The highest BCUT2D eigenvalue weighted by Crippen LogP contribution is 2.40. The van der Waals surface area contributed by atoms with Crippen molar-refractivity contribution in [2.45, 2.75) is 13.8 Å². The van der Waals surface area contributed by atoms with Crippen molar-refractivity contribution >= 4 is 61.4 Å². The molecule has 0 fully saturated rings. The Morgan fingerprint density at radius 3 is 2.61 bits per heavy atom. The van der Waals surface area contributed by atoms with E-state index < -0.39 is 0 Å². The van der Waals surface area contributed by atoms with E-state index in [9.17, 15) is 4.79 Å². The molecule has 3 aromatic rings. The summed E-state index contributed by atoms with van der Waals surface area (Å²) in [6, 6.07) is 13.5. The lowest BCUT2D eigenvalue weighted by molar-refractivity contribution is 0.0529. The lowest BCUT2D eigenvalue weighted by Gasteiger charge is -2.11. The van der Waals surface area contributed by atoms with E-state index in [0.29, 0.717) is 28.1 Å². The first-order chi connectivity index (χ1) is 13.5. The van der Waals surface area contributed by atoms with E-state index in [0.717, 1.165) is 20.5 Å². The molecule has 5 nitrogen and oxygen atoms in total. The van der Waals surface area contributed by atoms with Gasteiger partial charge in [0.1, 0.15) is 16.4 Å². The molecule has 0 aliphatic carbocycles. The summed E-state index contributed by atoms with van der Waals surface area (Å²) in [6.07, 6.45) is 1.68. The van der Waals surface area contributed by atoms with Gasteiger partial charge in [0, 0.05) is 21.1 Å². The number of carbonyl (C=O) groups excluding carboxylic acids is 1. The van der Waals surface area contributed by atoms with Crippen molar-refractivity contribution in [3.05, 3.63) is 63.6 Å². The highest BCUT2D eigenvalue weighted by molar-refractivity contribution is 9.10. The zero-order chi connectivity index (χ0) is 20.1. The van der Waals surface area contributed by atoms with Crippen LogP contribution in [-0.2, 0) is 4.74 Å². The molecule has 2 heterocycles. The van der Waals surface area contributed by atoms with E-state index in [-0.39, 0.29) is 5.97 Å². The molecular formula is C20H18BrN3O2S2. The number of aryl methyl sites for hydroxylation is 1. The van der Waals surface area contributed by atoms with E-state index in [2.05, 4.69) is 31.5 Å². The monoisotopic (exact) mass is 475 g/mol. The van der Waals surface area contributed by atoms with Gasteiger partial charge >= 0.3 is 5.97 Å². The van der Waals surface area contributed by atoms with Crippen LogP contribution < -0.4 is 10.6 Å². The minimum absolute atomic E-state index is 0.299. The number of esters is 1. The van der Waals surface area contributed by atoms with Gasteiger partial charge in [0.15, 0.2) is 5.11 Å². The number of rotatable bonds is 5. The van der Waals surface area contributed by atoms with Crippen molar-refractivity contribution in [2.24, 2.45) is 0 Å². The lowest BCUT2D eigenvalue weighted by Crippen LogP contribution is -2.20. The average Bonchev–Trinajstić information content (AvgIpc) is 3.00. The number of ether oxygens (including phenoxy) is 1. The second kappa shape index (κ2) is 9.27. The largest absolute Gasteiger partial charge is 0.462 e. The molecule has 2 aromatic heterocycles. The third kappa shape index (κ3) is 4.76. The van der Waals surface area contributed by atoms with E-state index in [1.807, 2.05) is 43.3 Å². The molecule has 0 radical (unpaired) electrons. The fourth-order valence-electron chi connectivity index (χ4n) is 2.68. The number of thiocarbonyl (C=S) groups is 1. The zero-order valence-electron chi connectivity index (χ0n) is 15.3. The van der Waals surface area contributed by atoms with Crippen LogP contribution in [0.15, 0.2) is 53.1 Å². The third-order valence-electron chi connectivity index (χ3n) is 3.82. The first kappa shape index (κ1) is 20.4. The summed E-state index contributed by atoms with van der Waals surface area (Å²) >= 11 is 10.2. The zero-order valence-corrected chi connectivity index (χ0v) is 18.5. The number of hydrogen-bond donors (Lipinski definition) is 2. The van der Waals surface area contributed by atoms with Crippen molar-refractivity contribution < 1.29 is 9.53 Å². The first-order valence-electron chi connectivity index (χ1n) is 8.55. The maximum Gasteiger partial charge on any atom is 0.341 e. The predicted molar refractivity (Wildman–Crippen MR) is 122 cm³/mol. The van der Waals surface area contributed by atoms with Crippen molar-refractivity contribution in [3.63, 3.8) is 0 Å². The topological polar surface area (TPSA) is 63.2 Å². The lowest BCUT2D eigenvalue weighted by atomic mass is 10.0. The fraction of sp³-hybridized carbons (Fsp3) is 0.150. The molecule has 0 atom stereocenters. The van der Waals surface area contributed by atoms with Crippen LogP contribution in [0.1, 0.15) is 22.2 Å². The molecule has 2 N–H and O–H groups in total. The van der Waals surface area contributed by atoms with Gasteiger partial charge in [-0.1, -0.05) is 30.3 Å². The summed E-state index contributed by atoms with van der Waals surface area (Å²) in [5.41, 5.74) is 2.31. The Balaban J connectivity index is 1.92. The van der Waals surface area contributed by atoms with Crippen LogP contribution in [0.25, 0.3) is 11.1 Å². The Kier molecular flexibility index (Phi) is 6.77. The number of benzene rings is 1. The summed E-state index contributed by atoms with van der Waals surface area (Å²) in [4.78, 5) is 18.0. The van der Waals surface area contributed by atoms with Crippen molar-refractivity contribution in [2.75, 3.05) is 17.2 Å². The summed E-state index contributed by atoms with van der Waals surface area (Å²) in [7, 11) is 0. The van der Waals surface area contributed by atoms with E-state index >= 15 is 0 Å². The fourth-order valence-corrected chi connectivity index (χ4v) is 4.26. The second-order valence-electron chi connectivity index (χ2n) is 5.76. The van der Waals surface area contributed by atoms with Crippen LogP contribution in [0.2, 0.25) is 0 Å². The quantitative estimate of drug-likeness (QED) is 0.355. The minimum atomic E-state index is -0.377. The standard InChI is InChI=1S/C20H18BrN3O2S2/c1-3-26-19(25)17-16(13-7-5-4-6-8-13)12(2)28-18(17)24-20(27)23-15-10-9-14(21)11-22-15/h4-11H,3H2,1-2H3,(H2,22,23,24,27). The average molecular weight is 476 g/mol. The summed E-state index contributed by atoms with van der Waals surface area (Å²) in [6.45, 7) is 4.07. The molecule has 1 aromatic carbocycles. The van der Waals surface area contributed by atoms with Crippen molar-refractivity contribution in [1.29, 1.82) is 0 Å². The maximum atomic E-state index is 12.7. The summed E-state index contributed by atoms with van der Waals surface area (Å²) < 4.78 is 6.18. The molecule has 0 amide bonds. The summed E-state index contributed by atoms with van der Waals surface area (Å²) in [5, 5.41) is 7.15. The van der Waals surface area contributed by atoms with Gasteiger partial charge in [-0.15, -0.1) is 11.3 Å². The third-order valence-corrected chi connectivity index (χ3v) is 5.52. The first-order valence-corrected chi connectivity index (χ1v) is 10.6. The Morgan fingerprint density at radius 2 is 1.96 bits per heavy atom. The molecule has 0 unspecified atom stereocenters. The van der Waals surface area contributed by atoms with E-state index in [4.69, 9.17) is 17.0 Å². The molecular weight excluding hydrogens is 458 g/mol. The molecule has 0 saturated heterocycles. The summed E-state index contributed by atoms with van der Waals surface area (Å²) in [5.74, 6) is 0.229. The van der Waals surface area contributed by atoms with Crippen LogP contribution in [-0.4, -0.2) is 22.7 Å². The molecule has 0 saturated carbocycles. The van der Waals surface area contributed by atoms with Gasteiger partial charge in [-0.25, -0.2) is 9.78 Å². The number of nitrogens with zero attached hydrogens (tertiary/aromatic N) is 1. The molecule has 0 aliphatic heterocycles. The molecule has 3 rings (SSSR count). The molecule has 144 valence electrons. The van der Waals surface area contributed by atoms with Gasteiger partial charge in [0.25, 0.3) is 0 Å². The van der Waals surface area contributed by atoms with Gasteiger partial charge in [-0.05, 0) is 59.7 Å². The number of carbonyl (C=O) groups is 1. The number of pyridine rings is 1. The Hall–Kier alpha value is -2.29. The number of nitrogens with one attached hydrogen (secondary N) is 2. The minimum Gasteiger partial charge on any atom is -0.462 e. The molecule has 0 bridgehead atoms. The van der Waals surface area contributed by atoms with Crippen LogP contribution >= 0.6 is 39.5 Å². The predicted octanol–water partition coefficient (Wildman–Crippen LogP) is 5.87. The van der Waals surface area contributed by atoms with Gasteiger partial charge in [0.05, 0.1) is 6.61 Å². The van der Waals surface area contributed by atoms with Gasteiger partial charge in [-0.3, -0.25) is 0 Å². The molecule has 0 spiro atoms. The van der Waals surface area contributed by atoms with Crippen molar-refractivity contribution in [3.8, 4) is 11.1 Å². The number of anilines is 2. The number of hydrogen-bond acceptors (Lipinski definition) is 5. The smallest absolute Gasteiger partial charge is 0.341 e. The van der Waals surface area contributed by atoms with E-state index in [1.165, 1.54) is 11.3 Å².